The lowest BCUT2D eigenvalue weighted by Crippen LogP contribution is -2.27. The Morgan fingerprint density at radius 1 is 1.04 bits per heavy atom. The lowest BCUT2D eigenvalue weighted by atomic mass is 10.2. The highest BCUT2D eigenvalue weighted by molar-refractivity contribution is 8.27. The van der Waals surface area contributed by atoms with E-state index in [-0.39, 0.29) is 5.91 Å². The maximum absolute atomic E-state index is 12.8. The van der Waals surface area contributed by atoms with E-state index < -0.39 is 0 Å². The Morgan fingerprint density at radius 3 is 2.50 bits per heavy atom. The van der Waals surface area contributed by atoms with Gasteiger partial charge in [0.25, 0.3) is 5.91 Å². The third-order valence-corrected chi connectivity index (χ3v) is 6.23. The molecule has 3 nitrogen and oxygen atoms in total. The summed E-state index contributed by atoms with van der Waals surface area (Å²) in [6.45, 7) is 2.00. The van der Waals surface area contributed by atoms with Crippen molar-refractivity contribution in [2.75, 3.05) is 4.90 Å². The molecular weight excluding hydrogens is 433 g/mol. The van der Waals surface area contributed by atoms with Crippen molar-refractivity contribution in [3.8, 4) is 11.3 Å². The highest BCUT2D eigenvalue weighted by Crippen LogP contribution is 2.37. The van der Waals surface area contributed by atoms with Crippen molar-refractivity contribution in [2.45, 2.75) is 6.92 Å². The SMILES string of the molecule is Cc1ccc(N2C(=O)/C(=C\c3ccc(-c4ccc(Cl)c(Cl)c4)o3)SC2=S)cc1. The van der Waals surface area contributed by atoms with Crippen LogP contribution in [0, 0.1) is 6.92 Å². The maximum Gasteiger partial charge on any atom is 0.270 e. The number of halogens is 2. The Kier molecular flexibility index (Phi) is 5.34. The van der Waals surface area contributed by atoms with Crippen LogP contribution in [0.3, 0.4) is 0 Å². The number of amides is 1. The standard InChI is InChI=1S/C21H13Cl2NO2S2/c1-12-2-5-14(6-3-12)24-20(25)19(28-21(24)27)11-15-7-9-18(26-15)13-4-8-16(22)17(23)10-13/h2-11H,1H3/b19-11+. The number of hydrogen-bond donors (Lipinski definition) is 0. The van der Waals surface area contributed by atoms with Crippen LogP contribution in [0.2, 0.25) is 10.0 Å². The van der Waals surface area contributed by atoms with E-state index in [1.165, 1.54) is 16.7 Å². The topological polar surface area (TPSA) is 33.5 Å². The summed E-state index contributed by atoms with van der Waals surface area (Å²) in [4.78, 5) is 14.9. The van der Waals surface area contributed by atoms with E-state index in [0.717, 1.165) is 16.8 Å². The van der Waals surface area contributed by atoms with E-state index in [2.05, 4.69) is 0 Å². The van der Waals surface area contributed by atoms with Crippen LogP contribution in [-0.4, -0.2) is 10.2 Å². The van der Waals surface area contributed by atoms with Crippen LogP contribution in [-0.2, 0) is 4.79 Å². The van der Waals surface area contributed by atoms with Crippen LogP contribution in [0.15, 0.2) is 63.9 Å². The second kappa shape index (κ2) is 7.76. The summed E-state index contributed by atoms with van der Waals surface area (Å²) >= 11 is 18.7. The lowest BCUT2D eigenvalue weighted by molar-refractivity contribution is -0.113. The fraction of sp³-hybridized carbons (Fsp3) is 0.0476. The van der Waals surface area contributed by atoms with Gasteiger partial charge in [0, 0.05) is 11.6 Å². The zero-order valence-electron chi connectivity index (χ0n) is 14.6. The monoisotopic (exact) mass is 445 g/mol. The number of carbonyl (C=O) groups excluding carboxylic acids is 1. The van der Waals surface area contributed by atoms with Crippen LogP contribution >= 0.6 is 47.2 Å². The third-order valence-electron chi connectivity index (χ3n) is 4.19. The molecule has 0 atom stereocenters. The summed E-state index contributed by atoms with van der Waals surface area (Å²) in [6.07, 6.45) is 1.70. The molecular formula is C21H13Cl2NO2S2. The van der Waals surface area contributed by atoms with Crippen molar-refractivity contribution < 1.29 is 9.21 Å². The quantitative estimate of drug-likeness (QED) is 0.321. The number of hydrogen-bond acceptors (Lipinski definition) is 4. The first kappa shape index (κ1) is 19.3. The van der Waals surface area contributed by atoms with Gasteiger partial charge in [-0.25, -0.2) is 0 Å². The number of thioether (sulfide) groups is 1. The molecule has 0 spiro atoms. The number of thiocarbonyl (C=S) groups is 1. The number of carbonyl (C=O) groups is 1. The summed E-state index contributed by atoms with van der Waals surface area (Å²) < 4.78 is 6.36. The van der Waals surface area contributed by atoms with Gasteiger partial charge in [-0.05, 0) is 49.4 Å². The maximum atomic E-state index is 12.8. The first-order valence-corrected chi connectivity index (χ1v) is 10.3. The van der Waals surface area contributed by atoms with Gasteiger partial charge in [0.05, 0.1) is 20.6 Å². The van der Waals surface area contributed by atoms with Crippen molar-refractivity contribution in [2.24, 2.45) is 0 Å². The molecule has 3 aromatic rings. The fourth-order valence-electron chi connectivity index (χ4n) is 2.75. The van der Waals surface area contributed by atoms with E-state index in [1.807, 2.05) is 43.3 Å². The largest absolute Gasteiger partial charge is 0.457 e. The number of aryl methyl sites for hydroxylation is 1. The number of furan rings is 1. The molecule has 1 aromatic heterocycles. The second-order valence-electron chi connectivity index (χ2n) is 6.18. The van der Waals surface area contributed by atoms with Gasteiger partial charge in [-0.1, -0.05) is 64.9 Å². The lowest BCUT2D eigenvalue weighted by Gasteiger charge is -2.14. The van der Waals surface area contributed by atoms with Crippen molar-refractivity contribution >= 4 is 69.2 Å². The predicted octanol–water partition coefficient (Wildman–Crippen LogP) is 6.97. The van der Waals surface area contributed by atoms with Crippen molar-refractivity contribution in [1.82, 2.24) is 0 Å². The normalized spacial score (nSPS) is 15.7. The molecule has 28 heavy (non-hydrogen) atoms. The molecule has 140 valence electrons. The molecule has 1 saturated heterocycles. The highest BCUT2D eigenvalue weighted by Gasteiger charge is 2.33. The Morgan fingerprint density at radius 2 is 1.79 bits per heavy atom. The number of anilines is 1. The molecule has 0 unspecified atom stereocenters. The van der Waals surface area contributed by atoms with Gasteiger partial charge < -0.3 is 4.42 Å². The predicted molar refractivity (Wildman–Crippen MR) is 121 cm³/mol. The molecule has 1 aliphatic heterocycles. The number of nitrogens with zero attached hydrogens (tertiary/aromatic N) is 1. The van der Waals surface area contributed by atoms with Crippen molar-refractivity contribution in [3.63, 3.8) is 0 Å². The van der Waals surface area contributed by atoms with Crippen molar-refractivity contribution in [1.29, 1.82) is 0 Å². The van der Waals surface area contributed by atoms with E-state index >= 15 is 0 Å². The van der Waals surface area contributed by atoms with Gasteiger partial charge in [0.15, 0.2) is 4.32 Å². The van der Waals surface area contributed by atoms with Crippen LogP contribution in [0.25, 0.3) is 17.4 Å². The molecule has 7 heteroatoms. The minimum Gasteiger partial charge on any atom is -0.457 e. The first-order valence-electron chi connectivity index (χ1n) is 8.32. The molecule has 0 aliphatic carbocycles. The van der Waals surface area contributed by atoms with Crippen LogP contribution < -0.4 is 4.90 Å². The van der Waals surface area contributed by atoms with E-state index in [0.29, 0.717) is 30.8 Å². The summed E-state index contributed by atoms with van der Waals surface area (Å²) in [5.41, 5.74) is 2.68. The zero-order valence-corrected chi connectivity index (χ0v) is 17.8. The van der Waals surface area contributed by atoms with Crippen LogP contribution in [0.5, 0.6) is 0 Å². The molecule has 1 aliphatic rings. The Bertz CT molecular complexity index is 1120. The Balaban J connectivity index is 1.60. The number of benzene rings is 2. The number of rotatable bonds is 3. The molecule has 0 radical (unpaired) electrons. The van der Waals surface area contributed by atoms with E-state index in [4.69, 9.17) is 39.8 Å². The van der Waals surface area contributed by atoms with Crippen LogP contribution in [0.4, 0.5) is 5.69 Å². The molecule has 0 bridgehead atoms. The van der Waals surface area contributed by atoms with E-state index in [1.54, 1.807) is 24.3 Å². The van der Waals surface area contributed by atoms with E-state index in [9.17, 15) is 4.79 Å². The minimum atomic E-state index is -0.161. The van der Waals surface area contributed by atoms with Gasteiger partial charge in [-0.15, -0.1) is 0 Å². The molecule has 0 N–H and O–H groups in total. The summed E-state index contributed by atoms with van der Waals surface area (Å²) in [7, 11) is 0. The molecule has 2 heterocycles. The third kappa shape index (κ3) is 3.76. The van der Waals surface area contributed by atoms with Crippen molar-refractivity contribution in [3.05, 3.63) is 80.9 Å². The van der Waals surface area contributed by atoms with Gasteiger partial charge >= 0.3 is 0 Å². The first-order chi connectivity index (χ1) is 13.4. The molecule has 1 amide bonds. The van der Waals surface area contributed by atoms with Crippen LogP contribution in [0.1, 0.15) is 11.3 Å². The average molecular weight is 446 g/mol. The second-order valence-corrected chi connectivity index (χ2v) is 8.67. The smallest absolute Gasteiger partial charge is 0.270 e. The van der Waals surface area contributed by atoms with Gasteiger partial charge in [-0.3, -0.25) is 9.69 Å². The minimum absolute atomic E-state index is 0.161. The molecule has 0 saturated carbocycles. The fourth-order valence-corrected chi connectivity index (χ4v) is 4.33. The Hall–Kier alpha value is -2.05. The van der Waals surface area contributed by atoms with Gasteiger partial charge in [-0.2, -0.15) is 0 Å². The summed E-state index contributed by atoms with van der Waals surface area (Å²) in [6, 6.07) is 16.6. The molecule has 2 aromatic carbocycles. The average Bonchev–Trinajstić information content (AvgIpc) is 3.24. The highest BCUT2D eigenvalue weighted by atomic mass is 35.5. The Labute approximate surface area is 181 Å². The van der Waals surface area contributed by atoms with Gasteiger partial charge in [0.2, 0.25) is 0 Å². The summed E-state index contributed by atoms with van der Waals surface area (Å²) in [5, 5.41) is 0.938. The zero-order chi connectivity index (χ0) is 19.8. The molecule has 4 rings (SSSR count). The van der Waals surface area contributed by atoms with Gasteiger partial charge in [0.1, 0.15) is 11.5 Å². The molecule has 1 fully saturated rings. The summed E-state index contributed by atoms with van der Waals surface area (Å²) in [5.74, 6) is 1.04.